The third-order valence-corrected chi connectivity index (χ3v) is 3.27. The van der Waals surface area contributed by atoms with E-state index in [-0.39, 0.29) is 11.6 Å². The number of nitrogens with zero attached hydrogens (tertiary/aromatic N) is 2. The van der Waals surface area contributed by atoms with Gasteiger partial charge in [0.15, 0.2) is 0 Å². The number of unbranched alkanes of at least 4 members (excludes halogenated alkanes) is 1. The van der Waals surface area contributed by atoms with Crippen molar-refractivity contribution in [2.75, 3.05) is 13.2 Å². The topological polar surface area (TPSA) is 65.2 Å². The molecule has 1 aliphatic rings. The molecule has 1 aromatic rings. The van der Waals surface area contributed by atoms with Crippen molar-refractivity contribution in [3.8, 4) is 0 Å². The van der Waals surface area contributed by atoms with E-state index < -0.39 is 0 Å². The number of aryl methyl sites for hydroxylation is 1. The molecule has 5 heteroatoms. The van der Waals surface area contributed by atoms with E-state index >= 15 is 0 Å². The van der Waals surface area contributed by atoms with E-state index in [1.54, 1.807) is 0 Å². The lowest BCUT2D eigenvalue weighted by molar-refractivity contribution is 0.0958. The first kappa shape index (κ1) is 13.2. The number of hydrogen-bond donors (Lipinski definition) is 0. The second kappa shape index (κ2) is 6.64. The van der Waals surface area contributed by atoms with Gasteiger partial charge in [-0.05, 0) is 25.2 Å². The van der Waals surface area contributed by atoms with Crippen LogP contribution in [0.3, 0.4) is 0 Å². The van der Waals surface area contributed by atoms with E-state index in [4.69, 9.17) is 9.26 Å². The summed E-state index contributed by atoms with van der Waals surface area (Å²) in [4.78, 5) is 16.0. The molecule has 0 radical (unpaired) electrons. The van der Waals surface area contributed by atoms with Crippen molar-refractivity contribution in [2.45, 2.75) is 45.4 Å². The first-order valence-electron chi connectivity index (χ1n) is 6.73. The van der Waals surface area contributed by atoms with Gasteiger partial charge in [-0.25, -0.2) is 0 Å². The van der Waals surface area contributed by atoms with Crippen LogP contribution in [0.4, 0.5) is 0 Å². The van der Waals surface area contributed by atoms with Crippen LogP contribution in [0.25, 0.3) is 0 Å². The van der Waals surface area contributed by atoms with Gasteiger partial charge in [0.25, 0.3) is 0 Å². The van der Waals surface area contributed by atoms with Crippen LogP contribution in [0.2, 0.25) is 0 Å². The van der Waals surface area contributed by atoms with Crippen LogP contribution in [0, 0.1) is 5.92 Å². The standard InChI is InChI=1S/C13H20N2O3/c1-2-3-4-12-14-13(15-18-12)11(16)6-5-10-7-8-17-9-10/h10H,2-9H2,1H3. The number of ether oxygens (including phenoxy) is 1. The maximum Gasteiger partial charge on any atom is 0.238 e. The fourth-order valence-corrected chi connectivity index (χ4v) is 2.06. The van der Waals surface area contributed by atoms with Crippen LogP contribution in [0.15, 0.2) is 4.52 Å². The maximum absolute atomic E-state index is 11.9. The molecule has 0 saturated carbocycles. The Balaban J connectivity index is 1.78. The largest absolute Gasteiger partial charge is 0.381 e. The molecule has 100 valence electrons. The summed E-state index contributed by atoms with van der Waals surface area (Å²) in [5.41, 5.74) is 0. The lowest BCUT2D eigenvalue weighted by Gasteiger charge is -2.03. The number of carbonyl (C=O) groups excluding carboxylic acids is 1. The van der Waals surface area contributed by atoms with Gasteiger partial charge in [0.2, 0.25) is 17.5 Å². The zero-order valence-electron chi connectivity index (χ0n) is 10.9. The average Bonchev–Trinajstić information content (AvgIpc) is 3.04. The van der Waals surface area contributed by atoms with Crippen molar-refractivity contribution < 1.29 is 14.1 Å². The molecule has 1 aliphatic heterocycles. The molecule has 1 aromatic heterocycles. The molecule has 5 nitrogen and oxygen atoms in total. The number of hydrogen-bond acceptors (Lipinski definition) is 5. The molecule has 0 amide bonds. The van der Waals surface area contributed by atoms with Gasteiger partial charge in [0, 0.05) is 26.1 Å². The first-order valence-corrected chi connectivity index (χ1v) is 6.73. The number of aromatic nitrogens is 2. The molecule has 18 heavy (non-hydrogen) atoms. The van der Waals surface area contributed by atoms with Crippen molar-refractivity contribution in [1.29, 1.82) is 0 Å². The van der Waals surface area contributed by atoms with Crippen LogP contribution in [-0.4, -0.2) is 29.1 Å². The van der Waals surface area contributed by atoms with Gasteiger partial charge in [0.05, 0.1) is 0 Å². The highest BCUT2D eigenvalue weighted by molar-refractivity contribution is 5.92. The van der Waals surface area contributed by atoms with Gasteiger partial charge in [-0.15, -0.1) is 0 Å². The van der Waals surface area contributed by atoms with Crippen LogP contribution < -0.4 is 0 Å². The summed E-state index contributed by atoms with van der Waals surface area (Å²) >= 11 is 0. The monoisotopic (exact) mass is 252 g/mol. The minimum atomic E-state index is -0.0200. The summed E-state index contributed by atoms with van der Waals surface area (Å²) in [6.07, 6.45) is 5.25. The van der Waals surface area contributed by atoms with E-state index in [1.807, 2.05) is 0 Å². The second-order valence-corrected chi connectivity index (χ2v) is 4.81. The lowest BCUT2D eigenvalue weighted by atomic mass is 10.0. The summed E-state index contributed by atoms with van der Waals surface area (Å²) in [5, 5.41) is 3.75. The zero-order chi connectivity index (χ0) is 12.8. The van der Waals surface area contributed by atoms with Crippen molar-refractivity contribution in [1.82, 2.24) is 10.1 Å². The Morgan fingerprint density at radius 1 is 1.50 bits per heavy atom. The van der Waals surface area contributed by atoms with E-state index in [1.165, 1.54) is 0 Å². The lowest BCUT2D eigenvalue weighted by Crippen LogP contribution is -2.07. The zero-order valence-corrected chi connectivity index (χ0v) is 10.9. The third kappa shape index (κ3) is 3.63. The molecule has 2 rings (SSSR count). The van der Waals surface area contributed by atoms with E-state index in [9.17, 15) is 4.79 Å². The van der Waals surface area contributed by atoms with Gasteiger partial charge in [-0.1, -0.05) is 18.5 Å². The highest BCUT2D eigenvalue weighted by Crippen LogP contribution is 2.19. The molecule has 2 heterocycles. The van der Waals surface area contributed by atoms with Crippen LogP contribution in [0.1, 0.15) is 55.5 Å². The second-order valence-electron chi connectivity index (χ2n) is 4.81. The van der Waals surface area contributed by atoms with Crippen molar-refractivity contribution in [3.05, 3.63) is 11.7 Å². The van der Waals surface area contributed by atoms with E-state index in [0.717, 1.165) is 45.3 Å². The molecular weight excluding hydrogens is 232 g/mol. The highest BCUT2D eigenvalue weighted by atomic mass is 16.5. The molecule has 0 bridgehead atoms. The maximum atomic E-state index is 11.9. The number of carbonyl (C=O) groups is 1. The molecule has 1 atom stereocenters. The smallest absolute Gasteiger partial charge is 0.238 e. The van der Waals surface area contributed by atoms with Crippen LogP contribution in [0.5, 0.6) is 0 Å². The van der Waals surface area contributed by atoms with Crippen LogP contribution in [-0.2, 0) is 11.2 Å². The predicted octanol–water partition coefficient (Wildman–Crippen LogP) is 2.41. The predicted molar refractivity (Wildman–Crippen MR) is 65.4 cm³/mol. The molecular formula is C13H20N2O3. The molecule has 1 saturated heterocycles. The fraction of sp³-hybridized carbons (Fsp3) is 0.769. The molecule has 0 N–H and O–H groups in total. The van der Waals surface area contributed by atoms with Gasteiger partial charge < -0.3 is 9.26 Å². The Kier molecular flexibility index (Phi) is 4.87. The Morgan fingerprint density at radius 3 is 3.11 bits per heavy atom. The Morgan fingerprint density at radius 2 is 2.39 bits per heavy atom. The van der Waals surface area contributed by atoms with Gasteiger partial charge >= 0.3 is 0 Å². The molecule has 0 spiro atoms. The minimum Gasteiger partial charge on any atom is -0.381 e. The Labute approximate surface area is 107 Å². The summed E-state index contributed by atoms with van der Waals surface area (Å²) < 4.78 is 10.3. The molecule has 0 aliphatic carbocycles. The SMILES string of the molecule is CCCCc1nc(C(=O)CCC2CCOC2)no1. The number of rotatable bonds is 7. The third-order valence-electron chi connectivity index (χ3n) is 3.27. The summed E-state index contributed by atoms with van der Waals surface area (Å²) in [6.45, 7) is 3.70. The average molecular weight is 252 g/mol. The highest BCUT2D eigenvalue weighted by Gasteiger charge is 2.19. The molecule has 0 aromatic carbocycles. The summed E-state index contributed by atoms with van der Waals surface area (Å²) in [7, 11) is 0. The van der Waals surface area contributed by atoms with Gasteiger partial charge in [-0.3, -0.25) is 4.79 Å². The molecule has 1 unspecified atom stereocenters. The van der Waals surface area contributed by atoms with E-state index in [2.05, 4.69) is 17.1 Å². The molecule has 1 fully saturated rings. The van der Waals surface area contributed by atoms with Crippen molar-refractivity contribution in [2.24, 2.45) is 5.92 Å². The quantitative estimate of drug-likeness (QED) is 0.697. The summed E-state index contributed by atoms with van der Waals surface area (Å²) in [5.74, 6) is 1.30. The fourth-order valence-electron chi connectivity index (χ4n) is 2.06. The minimum absolute atomic E-state index is 0.0200. The summed E-state index contributed by atoms with van der Waals surface area (Å²) in [6, 6.07) is 0. The van der Waals surface area contributed by atoms with E-state index in [0.29, 0.717) is 18.2 Å². The number of Topliss-reactive ketones (excluding diaryl/α,β-unsaturated/α-hetero) is 1. The van der Waals surface area contributed by atoms with Gasteiger partial charge in [-0.2, -0.15) is 4.98 Å². The Hall–Kier alpha value is -1.23. The van der Waals surface area contributed by atoms with Gasteiger partial charge in [0.1, 0.15) is 0 Å². The van der Waals surface area contributed by atoms with Crippen LogP contribution >= 0.6 is 0 Å². The number of ketones is 1. The normalized spacial score (nSPS) is 19.3. The van der Waals surface area contributed by atoms with Crippen molar-refractivity contribution >= 4 is 5.78 Å². The van der Waals surface area contributed by atoms with Crippen molar-refractivity contribution in [3.63, 3.8) is 0 Å². The Bertz CT molecular complexity index is 383. The first-order chi connectivity index (χ1) is 8.79.